The van der Waals surface area contributed by atoms with Gasteiger partial charge in [0.1, 0.15) is 17.3 Å². The Labute approximate surface area is 197 Å². The average Bonchev–Trinajstić information content (AvgIpc) is 3.19. The second kappa shape index (κ2) is 9.03. The summed E-state index contributed by atoms with van der Waals surface area (Å²) in [5.41, 5.74) is 3.42. The lowest BCUT2D eigenvalue weighted by Gasteiger charge is -2.14. The number of rotatable bonds is 7. The van der Waals surface area contributed by atoms with E-state index in [4.69, 9.17) is 18.6 Å². The third kappa shape index (κ3) is 4.13. The summed E-state index contributed by atoms with van der Waals surface area (Å²) in [5, 5.41) is 9.87. The third-order valence-corrected chi connectivity index (χ3v) is 6.49. The Balaban J connectivity index is 1.94. The van der Waals surface area contributed by atoms with Crippen molar-refractivity contribution in [1.29, 1.82) is 5.26 Å². The Morgan fingerprint density at radius 3 is 2.44 bits per heavy atom. The Bertz CT molecular complexity index is 1540. The van der Waals surface area contributed by atoms with Gasteiger partial charge in [0.05, 0.1) is 31.0 Å². The topological polar surface area (TPSA) is 116 Å². The van der Waals surface area contributed by atoms with Crippen LogP contribution in [0.1, 0.15) is 12.5 Å². The molecule has 0 aliphatic carbocycles. The van der Waals surface area contributed by atoms with Crippen molar-refractivity contribution in [2.24, 2.45) is 7.05 Å². The summed E-state index contributed by atoms with van der Waals surface area (Å²) in [6.45, 7) is 1.48. The maximum atomic E-state index is 12.1. The van der Waals surface area contributed by atoms with E-state index >= 15 is 0 Å². The molecule has 10 heteroatoms. The largest absolute Gasteiger partial charge is 0.493 e. The maximum absolute atomic E-state index is 12.1. The monoisotopic (exact) mass is 478 g/mol. The van der Waals surface area contributed by atoms with Crippen molar-refractivity contribution in [2.45, 2.75) is 6.92 Å². The molecule has 2 aromatic heterocycles. The number of hydrogen-bond donors (Lipinski definition) is 0. The second-order valence-electron chi connectivity index (χ2n) is 7.33. The number of nitriles is 1. The van der Waals surface area contributed by atoms with Gasteiger partial charge in [-0.25, -0.2) is 9.97 Å². The highest BCUT2D eigenvalue weighted by Gasteiger charge is 2.21. The van der Waals surface area contributed by atoms with Crippen LogP contribution in [0.4, 0.5) is 0 Å². The van der Waals surface area contributed by atoms with Crippen molar-refractivity contribution in [1.82, 2.24) is 14.5 Å². The summed E-state index contributed by atoms with van der Waals surface area (Å²) in [6, 6.07) is 16.4. The molecule has 4 aromatic rings. The number of fused-ring (bicyclic) bond motifs is 1. The van der Waals surface area contributed by atoms with Crippen LogP contribution in [0.25, 0.3) is 33.7 Å². The molecule has 0 spiro atoms. The van der Waals surface area contributed by atoms with Gasteiger partial charge < -0.3 is 18.2 Å². The second-order valence-corrected chi connectivity index (χ2v) is 9.19. The summed E-state index contributed by atoms with van der Waals surface area (Å²) < 4.78 is 42.0. The molecule has 9 nitrogen and oxygen atoms in total. The number of nitrogens with zero attached hydrogens (tertiary/aromatic N) is 4. The van der Waals surface area contributed by atoms with Crippen molar-refractivity contribution in [3.8, 4) is 46.1 Å². The first kappa shape index (κ1) is 23.1. The lowest BCUT2D eigenvalue weighted by Crippen LogP contribution is -2.12. The van der Waals surface area contributed by atoms with Gasteiger partial charge in [0.15, 0.2) is 17.3 Å². The van der Waals surface area contributed by atoms with Crippen molar-refractivity contribution in [2.75, 3.05) is 20.0 Å². The first-order valence-electron chi connectivity index (χ1n) is 10.3. The minimum Gasteiger partial charge on any atom is -0.493 e. The average molecular weight is 479 g/mol. The van der Waals surface area contributed by atoms with Crippen LogP contribution >= 0.6 is 0 Å². The molecule has 34 heavy (non-hydrogen) atoms. The number of aromatic nitrogens is 3. The lowest BCUT2D eigenvalue weighted by molar-refractivity contribution is 0.391. The van der Waals surface area contributed by atoms with Gasteiger partial charge in [-0.15, -0.1) is 0 Å². The third-order valence-electron chi connectivity index (χ3n) is 5.35. The highest BCUT2D eigenvalue weighted by atomic mass is 32.2. The first-order valence-corrected chi connectivity index (χ1v) is 11.9. The summed E-state index contributed by atoms with van der Waals surface area (Å²) in [5.74, 6) is 0.774. The quantitative estimate of drug-likeness (QED) is 0.367. The molecule has 0 aliphatic rings. The molecule has 2 heterocycles. The Hall–Kier alpha value is -4.10. The number of hydrogen-bond acceptors (Lipinski definition) is 8. The maximum Gasteiger partial charge on any atom is 0.309 e. The predicted molar refractivity (Wildman–Crippen MR) is 127 cm³/mol. The molecule has 0 N–H and O–H groups in total. The molecule has 0 amide bonds. The van der Waals surface area contributed by atoms with E-state index in [9.17, 15) is 13.7 Å². The highest BCUT2D eigenvalue weighted by molar-refractivity contribution is 7.87. The van der Waals surface area contributed by atoms with Gasteiger partial charge in [-0.2, -0.15) is 13.7 Å². The number of ether oxygens (including phenoxy) is 2. The van der Waals surface area contributed by atoms with Gasteiger partial charge in [-0.05, 0) is 42.8 Å². The molecule has 0 aliphatic heterocycles. The van der Waals surface area contributed by atoms with Gasteiger partial charge in [0.25, 0.3) is 0 Å². The Morgan fingerprint density at radius 2 is 1.79 bits per heavy atom. The molecular formula is C24H22N4O5S. The van der Waals surface area contributed by atoms with Crippen LogP contribution in [0.5, 0.6) is 17.4 Å². The van der Waals surface area contributed by atoms with E-state index in [1.54, 1.807) is 18.2 Å². The zero-order valence-corrected chi connectivity index (χ0v) is 19.9. The molecule has 0 saturated heterocycles. The molecular weight excluding hydrogens is 456 g/mol. The van der Waals surface area contributed by atoms with E-state index in [0.29, 0.717) is 22.6 Å². The van der Waals surface area contributed by atoms with E-state index in [2.05, 4.69) is 11.1 Å². The number of para-hydroxylation sites is 2. The van der Waals surface area contributed by atoms with Crippen LogP contribution in [0.2, 0.25) is 0 Å². The Morgan fingerprint density at radius 1 is 1.03 bits per heavy atom. The van der Waals surface area contributed by atoms with Crippen LogP contribution < -0.4 is 13.7 Å². The molecule has 2 aromatic carbocycles. The normalized spacial score (nSPS) is 11.3. The molecule has 0 fully saturated rings. The molecule has 174 valence electrons. The zero-order chi connectivity index (χ0) is 24.5. The summed E-state index contributed by atoms with van der Waals surface area (Å²) >= 11 is 0. The predicted octanol–water partition coefficient (Wildman–Crippen LogP) is 3.92. The molecule has 0 radical (unpaired) electrons. The molecule has 4 rings (SSSR count). The van der Waals surface area contributed by atoms with E-state index in [0.717, 1.165) is 11.0 Å². The number of aryl methyl sites for hydroxylation is 1. The van der Waals surface area contributed by atoms with Gasteiger partial charge in [0, 0.05) is 12.6 Å². The van der Waals surface area contributed by atoms with Crippen LogP contribution in [-0.2, 0) is 17.2 Å². The van der Waals surface area contributed by atoms with Crippen molar-refractivity contribution < 1.29 is 22.1 Å². The summed E-state index contributed by atoms with van der Waals surface area (Å²) in [7, 11) is 0.931. The zero-order valence-electron chi connectivity index (χ0n) is 19.1. The number of imidazole rings is 1. The van der Waals surface area contributed by atoms with Crippen molar-refractivity contribution >= 4 is 21.2 Å². The minimum atomic E-state index is -3.80. The first-order chi connectivity index (χ1) is 16.3. The Kier molecular flexibility index (Phi) is 6.13. The molecule has 0 saturated carbocycles. The summed E-state index contributed by atoms with van der Waals surface area (Å²) in [6.07, 6.45) is 0. The summed E-state index contributed by atoms with van der Waals surface area (Å²) in [4.78, 5) is 9.21. The molecule has 0 unspecified atom stereocenters. The van der Waals surface area contributed by atoms with E-state index in [-0.39, 0.29) is 28.7 Å². The number of methoxy groups -OCH3 is 2. The van der Waals surface area contributed by atoms with Crippen LogP contribution in [0.3, 0.4) is 0 Å². The van der Waals surface area contributed by atoms with E-state index in [1.807, 2.05) is 35.9 Å². The van der Waals surface area contributed by atoms with Crippen LogP contribution in [0, 0.1) is 11.3 Å². The molecule has 0 atom stereocenters. The van der Waals surface area contributed by atoms with E-state index < -0.39 is 10.1 Å². The van der Waals surface area contributed by atoms with Crippen LogP contribution in [-0.4, -0.2) is 42.9 Å². The fourth-order valence-corrected chi connectivity index (χ4v) is 4.12. The molecule has 0 bridgehead atoms. The smallest absolute Gasteiger partial charge is 0.309 e. The van der Waals surface area contributed by atoms with Gasteiger partial charge >= 0.3 is 10.1 Å². The van der Waals surface area contributed by atoms with Crippen molar-refractivity contribution in [3.05, 3.63) is 54.1 Å². The fraction of sp³-hybridized carbons (Fsp3) is 0.208. The minimum absolute atomic E-state index is 0.0193. The lowest BCUT2D eigenvalue weighted by atomic mass is 10.00. The highest BCUT2D eigenvalue weighted by Crippen LogP contribution is 2.38. The van der Waals surface area contributed by atoms with Gasteiger partial charge in [-0.3, -0.25) is 0 Å². The van der Waals surface area contributed by atoms with Gasteiger partial charge in [-0.1, -0.05) is 18.2 Å². The van der Waals surface area contributed by atoms with Crippen LogP contribution in [0.15, 0.2) is 48.5 Å². The SMILES string of the molecule is CCS(=O)(=O)Oc1cc(-c2cc(-c3nc4ccccc4n3C)nc(OC)c2C#N)ccc1OC. The van der Waals surface area contributed by atoms with Gasteiger partial charge in [0.2, 0.25) is 5.88 Å². The number of benzene rings is 2. The van der Waals surface area contributed by atoms with Crippen molar-refractivity contribution in [3.63, 3.8) is 0 Å². The standard InChI is InChI=1S/C24H22N4O5S/c1-5-34(29,30)33-22-12-15(10-11-21(22)31-3)16-13-19(27-24(32-4)17(16)14-25)23-26-18-8-6-7-9-20(18)28(23)2/h6-13H,5H2,1-4H3. The number of pyridine rings is 1. The fourth-order valence-electron chi connectivity index (χ4n) is 3.60. The van der Waals surface area contributed by atoms with E-state index in [1.165, 1.54) is 27.2 Å².